The first-order valence-corrected chi connectivity index (χ1v) is 14.8. The van der Waals surface area contributed by atoms with Crippen LogP contribution in [0.25, 0.3) is 11.1 Å². The number of benzene rings is 3. The van der Waals surface area contributed by atoms with E-state index in [0.717, 1.165) is 47.5 Å². The lowest BCUT2D eigenvalue weighted by atomic mass is 9.63. The second-order valence-corrected chi connectivity index (χ2v) is 11.0. The Morgan fingerprint density at radius 2 is 1.72 bits per heavy atom. The Morgan fingerprint density at radius 3 is 2.35 bits per heavy atom. The number of anilines is 4. The normalized spacial score (nSPS) is 13.5. The topological polar surface area (TPSA) is 108 Å². The van der Waals surface area contributed by atoms with Crippen molar-refractivity contribution < 1.29 is 27.2 Å². The van der Waals surface area contributed by atoms with Gasteiger partial charge in [-0.05, 0) is 93.4 Å². The summed E-state index contributed by atoms with van der Waals surface area (Å²) in [5.74, 6) is -0.279. The molecule has 0 unspecified atom stereocenters. The van der Waals surface area contributed by atoms with Gasteiger partial charge in [0.05, 0.1) is 11.0 Å². The van der Waals surface area contributed by atoms with Gasteiger partial charge in [0.1, 0.15) is 18.4 Å². The summed E-state index contributed by atoms with van der Waals surface area (Å²) in [6.45, 7) is 5.52. The minimum atomic E-state index is -4.64. The molecule has 4 N–H and O–H groups in total. The van der Waals surface area contributed by atoms with Gasteiger partial charge in [0.2, 0.25) is 11.9 Å². The zero-order chi connectivity index (χ0) is 33.3. The highest BCUT2D eigenvalue weighted by Gasteiger charge is 2.48. The number of aromatic nitrogens is 2. The van der Waals surface area contributed by atoms with Crippen LogP contribution in [0.15, 0.2) is 72.9 Å². The number of alkyl halides is 3. The van der Waals surface area contributed by atoms with Gasteiger partial charge in [-0.3, -0.25) is 4.79 Å². The van der Waals surface area contributed by atoms with E-state index in [9.17, 15) is 22.4 Å². The first-order valence-electron chi connectivity index (χ1n) is 14.8. The molecule has 1 aliphatic carbocycles. The number of halogens is 4. The van der Waals surface area contributed by atoms with Crippen LogP contribution in [-0.4, -0.2) is 42.8 Å². The molecule has 1 aromatic heterocycles. The number of rotatable bonds is 11. The van der Waals surface area contributed by atoms with E-state index in [-0.39, 0.29) is 18.4 Å². The van der Waals surface area contributed by atoms with E-state index < -0.39 is 28.9 Å². The lowest BCUT2D eigenvalue weighted by Crippen LogP contribution is -2.46. The van der Waals surface area contributed by atoms with Crippen molar-refractivity contribution >= 4 is 35.8 Å². The second kappa shape index (κ2) is 15.0. The van der Waals surface area contributed by atoms with Crippen molar-refractivity contribution in [2.75, 3.05) is 36.1 Å². The molecule has 0 atom stereocenters. The molecule has 5 rings (SSSR count). The van der Waals surface area contributed by atoms with Crippen molar-refractivity contribution in [3.8, 4) is 11.1 Å². The number of amides is 1. The van der Waals surface area contributed by atoms with Gasteiger partial charge in [0.25, 0.3) is 0 Å². The van der Waals surface area contributed by atoms with Gasteiger partial charge >= 0.3 is 6.18 Å². The first kappa shape index (κ1) is 34.0. The van der Waals surface area contributed by atoms with Crippen molar-refractivity contribution in [1.82, 2.24) is 15.3 Å². The average Bonchev–Trinajstić information content (AvgIpc) is 3.01. The summed E-state index contributed by atoms with van der Waals surface area (Å²) < 4.78 is 54.9. The van der Waals surface area contributed by atoms with Gasteiger partial charge in [0, 0.05) is 35.2 Å². The molecule has 46 heavy (non-hydrogen) atoms. The van der Waals surface area contributed by atoms with Crippen molar-refractivity contribution in [2.45, 2.75) is 44.2 Å². The predicted molar refractivity (Wildman–Crippen MR) is 172 cm³/mol. The Hall–Kier alpha value is -4.84. The second-order valence-electron chi connectivity index (χ2n) is 11.0. The predicted octanol–water partition coefficient (Wildman–Crippen LogP) is 7.25. The zero-order valence-corrected chi connectivity index (χ0v) is 25.6. The molecule has 1 aliphatic rings. The van der Waals surface area contributed by atoms with E-state index >= 15 is 0 Å². The van der Waals surface area contributed by atoms with Crippen molar-refractivity contribution in [2.24, 2.45) is 0 Å². The Kier molecular flexibility index (Phi) is 11.1. The van der Waals surface area contributed by atoms with E-state index in [0.29, 0.717) is 36.5 Å². The smallest absolute Gasteiger partial charge is 0.369 e. The van der Waals surface area contributed by atoms with Gasteiger partial charge in [-0.25, -0.2) is 9.37 Å². The van der Waals surface area contributed by atoms with Crippen LogP contribution in [0.1, 0.15) is 42.4 Å². The van der Waals surface area contributed by atoms with Gasteiger partial charge in [-0.15, -0.1) is 0 Å². The van der Waals surface area contributed by atoms with Gasteiger partial charge in [-0.1, -0.05) is 30.7 Å². The first-order chi connectivity index (χ1) is 22.1. The summed E-state index contributed by atoms with van der Waals surface area (Å²) in [4.78, 5) is 30.7. The molecule has 1 heterocycles. The monoisotopic (exact) mass is 636 g/mol. The minimum absolute atomic E-state index is 0.224. The highest BCUT2D eigenvalue weighted by molar-refractivity contribution is 6.00. The quantitative estimate of drug-likeness (QED) is 0.101. The minimum Gasteiger partial charge on any atom is -0.369 e. The third-order valence-corrected chi connectivity index (χ3v) is 7.86. The number of carbonyl (C=O) groups excluding carboxylic acids is 2. The standard InChI is InChI=1S/C33H34F4N6O.CH2O/c1-21-6-3-7-25(18-21)42-31-40-20-26(29(43-31)39-17-5-16-38-2)22-8-11-24(12-9-22)41-30(44)32(14-4-15-32)27-19-23(33(35,36)37)10-13-28(27)34;1-2/h3,6-13,18-20,38H,4-5,14-17H2,1-2H3,(H,41,44)(H2,39,40,42,43);1H2. The molecule has 8 nitrogen and oxygen atoms in total. The van der Waals surface area contributed by atoms with Crippen molar-refractivity contribution in [3.05, 3.63) is 95.4 Å². The van der Waals surface area contributed by atoms with E-state index in [4.69, 9.17) is 9.78 Å². The summed E-state index contributed by atoms with van der Waals surface area (Å²) in [5.41, 5.74) is 1.41. The molecule has 3 aromatic carbocycles. The number of nitrogens with one attached hydrogen (secondary N) is 4. The maximum atomic E-state index is 14.8. The Bertz CT molecular complexity index is 1640. The molecular formula is C34H36F4N6O2. The van der Waals surface area contributed by atoms with Crippen LogP contribution >= 0.6 is 0 Å². The van der Waals surface area contributed by atoms with Crippen LogP contribution in [0, 0.1) is 12.7 Å². The fraction of sp³-hybridized carbons (Fsp3) is 0.294. The fourth-order valence-electron chi connectivity index (χ4n) is 5.31. The largest absolute Gasteiger partial charge is 0.416 e. The lowest BCUT2D eigenvalue weighted by Gasteiger charge is -2.41. The molecule has 1 saturated carbocycles. The van der Waals surface area contributed by atoms with Crippen LogP contribution < -0.4 is 21.3 Å². The van der Waals surface area contributed by atoms with Crippen molar-refractivity contribution in [1.29, 1.82) is 0 Å². The number of hydrogen-bond donors (Lipinski definition) is 4. The zero-order valence-electron chi connectivity index (χ0n) is 25.6. The Labute approximate surface area is 265 Å². The van der Waals surface area contributed by atoms with Gasteiger partial charge in [-0.2, -0.15) is 18.2 Å². The van der Waals surface area contributed by atoms with E-state index in [1.807, 2.05) is 45.0 Å². The van der Waals surface area contributed by atoms with Gasteiger partial charge in [0.15, 0.2) is 0 Å². The van der Waals surface area contributed by atoms with Crippen LogP contribution in [0.5, 0.6) is 0 Å². The maximum Gasteiger partial charge on any atom is 0.416 e. The summed E-state index contributed by atoms with van der Waals surface area (Å²) >= 11 is 0. The average molecular weight is 637 g/mol. The number of hydrogen-bond acceptors (Lipinski definition) is 7. The van der Waals surface area contributed by atoms with Crippen LogP contribution in [0.4, 0.5) is 40.7 Å². The molecular weight excluding hydrogens is 600 g/mol. The highest BCUT2D eigenvalue weighted by atomic mass is 19.4. The van der Waals surface area contributed by atoms with Crippen LogP contribution in [-0.2, 0) is 21.2 Å². The third-order valence-electron chi connectivity index (χ3n) is 7.86. The molecule has 0 spiro atoms. The molecule has 0 aliphatic heterocycles. The fourth-order valence-corrected chi connectivity index (χ4v) is 5.31. The molecule has 12 heteroatoms. The molecule has 0 radical (unpaired) electrons. The summed E-state index contributed by atoms with van der Waals surface area (Å²) in [7, 11) is 1.89. The number of nitrogens with zero attached hydrogens (tertiary/aromatic N) is 2. The van der Waals surface area contributed by atoms with E-state index in [1.165, 1.54) is 0 Å². The molecule has 0 bridgehead atoms. The molecule has 1 fully saturated rings. The molecule has 4 aromatic rings. The van der Waals surface area contributed by atoms with Crippen LogP contribution in [0.2, 0.25) is 0 Å². The van der Waals surface area contributed by atoms with E-state index in [2.05, 4.69) is 26.3 Å². The van der Waals surface area contributed by atoms with E-state index in [1.54, 1.807) is 30.5 Å². The maximum absolute atomic E-state index is 14.8. The summed E-state index contributed by atoms with van der Waals surface area (Å²) in [6, 6.07) is 17.1. The number of aryl methyl sites for hydroxylation is 1. The van der Waals surface area contributed by atoms with Crippen molar-refractivity contribution in [3.63, 3.8) is 0 Å². The Balaban J connectivity index is 0.00000235. The summed E-state index contributed by atoms with van der Waals surface area (Å²) in [6.07, 6.45) is -0.908. The lowest BCUT2D eigenvalue weighted by molar-refractivity contribution is -0.138. The molecule has 0 saturated heterocycles. The molecule has 1 amide bonds. The highest BCUT2D eigenvalue weighted by Crippen LogP contribution is 2.47. The van der Waals surface area contributed by atoms with Gasteiger partial charge < -0.3 is 26.1 Å². The SMILES string of the molecule is C=O.CNCCCNc1nc(Nc2cccc(C)c2)ncc1-c1ccc(NC(=O)C2(c3cc(C(F)(F)F)ccc3F)CCC2)cc1. The summed E-state index contributed by atoms with van der Waals surface area (Å²) in [5, 5.41) is 12.6. The Morgan fingerprint density at radius 1 is 0.978 bits per heavy atom. The molecule has 242 valence electrons. The van der Waals surface area contributed by atoms with Crippen LogP contribution in [0.3, 0.4) is 0 Å². The number of carbonyl (C=O) groups is 2. The third kappa shape index (κ3) is 7.86.